The van der Waals surface area contributed by atoms with Crippen LogP contribution in [-0.2, 0) is 0 Å². The Hall–Kier alpha value is -1.29. The largest absolute Gasteiger partial charge is 0.358 e. The molecule has 3 N–H and O–H groups in total. The predicted molar refractivity (Wildman–Crippen MR) is 86.1 cm³/mol. The molecule has 20 heavy (non-hydrogen) atoms. The molecule has 1 aromatic heterocycles. The van der Waals surface area contributed by atoms with Crippen molar-refractivity contribution in [2.45, 2.75) is 13.3 Å². The van der Waals surface area contributed by atoms with Crippen LogP contribution in [0.2, 0.25) is 5.02 Å². The maximum absolute atomic E-state index is 6.15. The summed E-state index contributed by atoms with van der Waals surface area (Å²) in [6, 6.07) is 6.04. The summed E-state index contributed by atoms with van der Waals surface area (Å²) in [5, 5.41) is 2.02. The van der Waals surface area contributed by atoms with Crippen LogP contribution in [0, 0.1) is 6.92 Å². The van der Waals surface area contributed by atoms with Crippen LogP contribution >= 0.6 is 11.6 Å². The summed E-state index contributed by atoms with van der Waals surface area (Å²) in [7, 11) is 0. The summed E-state index contributed by atoms with van der Waals surface area (Å²) in [6.07, 6.45) is 3.40. The van der Waals surface area contributed by atoms with Crippen molar-refractivity contribution in [1.29, 1.82) is 0 Å². The van der Waals surface area contributed by atoms with Gasteiger partial charge >= 0.3 is 0 Å². The summed E-state index contributed by atoms with van der Waals surface area (Å²) in [5.74, 6) is 0. The van der Waals surface area contributed by atoms with Gasteiger partial charge in [-0.1, -0.05) is 17.7 Å². The van der Waals surface area contributed by atoms with E-state index in [9.17, 15) is 0 Å². The fourth-order valence-corrected chi connectivity index (χ4v) is 3.21. The Bertz CT molecular complexity index is 657. The molecule has 0 saturated carbocycles. The second kappa shape index (κ2) is 5.60. The van der Waals surface area contributed by atoms with Crippen molar-refractivity contribution in [3.05, 3.63) is 40.6 Å². The van der Waals surface area contributed by atoms with Crippen molar-refractivity contribution in [2.75, 3.05) is 26.2 Å². The third kappa shape index (κ3) is 2.49. The number of halogens is 1. The van der Waals surface area contributed by atoms with Gasteiger partial charge in [0.25, 0.3) is 0 Å². The van der Waals surface area contributed by atoms with Gasteiger partial charge in [-0.3, -0.25) is 4.90 Å². The van der Waals surface area contributed by atoms with E-state index in [0.29, 0.717) is 0 Å². The van der Waals surface area contributed by atoms with Gasteiger partial charge in [-0.25, -0.2) is 0 Å². The van der Waals surface area contributed by atoms with Gasteiger partial charge in [-0.05, 0) is 37.1 Å². The van der Waals surface area contributed by atoms with E-state index < -0.39 is 0 Å². The Labute approximate surface area is 124 Å². The number of hydrogen-bond donors (Lipinski definition) is 2. The lowest BCUT2D eigenvalue weighted by atomic mass is 9.97. The number of H-pyrrole nitrogens is 1. The smallest absolute Gasteiger partial charge is 0.0463 e. The summed E-state index contributed by atoms with van der Waals surface area (Å²) in [5.41, 5.74) is 10.8. The van der Waals surface area contributed by atoms with Gasteiger partial charge in [0.05, 0.1) is 0 Å². The van der Waals surface area contributed by atoms with Crippen LogP contribution in [-0.4, -0.2) is 36.1 Å². The first-order chi connectivity index (χ1) is 9.69. The normalized spacial score (nSPS) is 16.6. The first-order valence-electron chi connectivity index (χ1n) is 7.08. The van der Waals surface area contributed by atoms with Crippen LogP contribution < -0.4 is 5.73 Å². The second-order valence-electron chi connectivity index (χ2n) is 5.38. The number of benzene rings is 1. The van der Waals surface area contributed by atoms with Crippen molar-refractivity contribution in [3.63, 3.8) is 0 Å². The van der Waals surface area contributed by atoms with E-state index in [1.807, 2.05) is 6.07 Å². The maximum atomic E-state index is 6.15. The number of fused-ring (bicyclic) bond motifs is 1. The van der Waals surface area contributed by atoms with Crippen LogP contribution in [0.25, 0.3) is 16.5 Å². The fourth-order valence-electron chi connectivity index (χ4n) is 3.04. The lowest BCUT2D eigenvalue weighted by Gasteiger charge is -2.26. The molecule has 0 amide bonds. The summed E-state index contributed by atoms with van der Waals surface area (Å²) in [6.45, 7) is 5.90. The van der Waals surface area contributed by atoms with Crippen molar-refractivity contribution in [2.24, 2.45) is 5.73 Å². The average Bonchev–Trinajstić information content (AvgIpc) is 2.76. The minimum Gasteiger partial charge on any atom is -0.358 e. The third-order valence-corrected chi connectivity index (χ3v) is 4.24. The summed E-state index contributed by atoms with van der Waals surface area (Å²) < 4.78 is 0. The zero-order valence-electron chi connectivity index (χ0n) is 11.7. The molecule has 0 bridgehead atoms. The van der Waals surface area contributed by atoms with Gasteiger partial charge in [0.1, 0.15) is 0 Å². The Morgan fingerprint density at radius 2 is 2.25 bits per heavy atom. The fraction of sp³-hybridized carbons (Fsp3) is 0.375. The Balaban J connectivity index is 1.98. The monoisotopic (exact) mass is 289 g/mol. The molecule has 3 rings (SSSR count). The molecule has 2 heterocycles. The number of rotatable bonds is 3. The van der Waals surface area contributed by atoms with Gasteiger partial charge in [0, 0.05) is 53.4 Å². The molecule has 0 saturated heterocycles. The van der Waals surface area contributed by atoms with Crippen molar-refractivity contribution in [1.82, 2.24) is 9.88 Å². The van der Waals surface area contributed by atoms with Crippen LogP contribution in [0.15, 0.2) is 24.3 Å². The minimum atomic E-state index is 0.727. The molecule has 0 atom stereocenters. The molecule has 2 aromatic rings. The Morgan fingerprint density at radius 1 is 1.40 bits per heavy atom. The van der Waals surface area contributed by atoms with Crippen LogP contribution in [0.3, 0.4) is 0 Å². The molecular weight excluding hydrogens is 270 g/mol. The highest BCUT2D eigenvalue weighted by Gasteiger charge is 2.17. The molecule has 0 spiro atoms. The SMILES string of the molecule is Cc1[nH]c2ccc(Cl)cc2c1C1=CCN(CCN)CC1. The molecule has 1 aliphatic heterocycles. The van der Waals surface area contributed by atoms with E-state index >= 15 is 0 Å². The lowest BCUT2D eigenvalue weighted by Crippen LogP contribution is -2.33. The molecule has 106 valence electrons. The molecule has 4 heteroatoms. The van der Waals surface area contributed by atoms with Gasteiger partial charge < -0.3 is 10.7 Å². The molecule has 1 aromatic carbocycles. The predicted octanol–water partition coefficient (Wildman–Crippen LogP) is 3.18. The van der Waals surface area contributed by atoms with Gasteiger partial charge in [-0.2, -0.15) is 0 Å². The van der Waals surface area contributed by atoms with Crippen LogP contribution in [0.4, 0.5) is 0 Å². The van der Waals surface area contributed by atoms with E-state index in [-0.39, 0.29) is 0 Å². The molecule has 0 aliphatic carbocycles. The quantitative estimate of drug-likeness (QED) is 0.911. The number of nitrogens with one attached hydrogen (secondary N) is 1. The summed E-state index contributed by atoms with van der Waals surface area (Å²) in [4.78, 5) is 5.84. The highest BCUT2D eigenvalue weighted by Crippen LogP contribution is 2.33. The summed E-state index contributed by atoms with van der Waals surface area (Å²) >= 11 is 6.15. The van der Waals surface area contributed by atoms with E-state index in [4.69, 9.17) is 17.3 Å². The first kappa shape index (κ1) is 13.7. The zero-order valence-corrected chi connectivity index (χ0v) is 12.5. The molecule has 0 fully saturated rings. The number of aromatic amines is 1. The van der Waals surface area contributed by atoms with Crippen LogP contribution in [0.5, 0.6) is 0 Å². The average molecular weight is 290 g/mol. The van der Waals surface area contributed by atoms with Crippen LogP contribution in [0.1, 0.15) is 17.7 Å². The minimum absolute atomic E-state index is 0.727. The van der Waals surface area contributed by atoms with E-state index in [1.54, 1.807) is 0 Å². The molecule has 3 nitrogen and oxygen atoms in total. The number of nitrogens with two attached hydrogens (primary N) is 1. The van der Waals surface area contributed by atoms with E-state index in [2.05, 4.69) is 35.0 Å². The highest BCUT2D eigenvalue weighted by molar-refractivity contribution is 6.31. The number of aryl methyl sites for hydroxylation is 1. The second-order valence-corrected chi connectivity index (χ2v) is 5.82. The zero-order chi connectivity index (χ0) is 14.1. The Morgan fingerprint density at radius 3 is 2.95 bits per heavy atom. The molecular formula is C16H20ClN3. The Kier molecular flexibility index (Phi) is 3.83. The number of aromatic nitrogens is 1. The van der Waals surface area contributed by atoms with E-state index in [0.717, 1.165) is 43.1 Å². The highest BCUT2D eigenvalue weighted by atomic mass is 35.5. The molecule has 0 radical (unpaired) electrons. The first-order valence-corrected chi connectivity index (χ1v) is 7.46. The van der Waals surface area contributed by atoms with Crippen molar-refractivity contribution in [3.8, 4) is 0 Å². The lowest BCUT2D eigenvalue weighted by molar-refractivity contribution is 0.310. The van der Waals surface area contributed by atoms with Gasteiger partial charge in [0.2, 0.25) is 0 Å². The standard InChI is InChI=1S/C16H20ClN3/c1-11-16(12-4-7-20(8-5-12)9-6-18)14-10-13(17)2-3-15(14)19-11/h2-4,10,19H,5-9,18H2,1H3. The number of nitrogens with zero attached hydrogens (tertiary/aromatic N) is 1. The van der Waals surface area contributed by atoms with Gasteiger partial charge in [0.15, 0.2) is 0 Å². The van der Waals surface area contributed by atoms with Crippen molar-refractivity contribution >= 4 is 28.1 Å². The third-order valence-electron chi connectivity index (χ3n) is 4.01. The van der Waals surface area contributed by atoms with Gasteiger partial charge in [-0.15, -0.1) is 0 Å². The van der Waals surface area contributed by atoms with E-state index in [1.165, 1.54) is 22.2 Å². The maximum Gasteiger partial charge on any atom is 0.0463 e. The number of hydrogen-bond acceptors (Lipinski definition) is 2. The molecule has 1 aliphatic rings. The molecule has 0 unspecified atom stereocenters. The topological polar surface area (TPSA) is 45.0 Å². The van der Waals surface area contributed by atoms with Crippen molar-refractivity contribution < 1.29 is 0 Å².